The van der Waals surface area contributed by atoms with Crippen molar-refractivity contribution in [2.24, 2.45) is 0 Å². The van der Waals surface area contributed by atoms with Crippen molar-refractivity contribution in [2.75, 3.05) is 20.6 Å². The molecule has 0 aromatic heterocycles. The van der Waals surface area contributed by atoms with E-state index in [0.29, 0.717) is 6.33 Å². The number of hydrogen-bond donors (Lipinski definition) is 0. The fraction of sp³-hybridized carbons (Fsp3) is 0.778. The van der Waals surface area contributed by atoms with E-state index in [0.717, 1.165) is 17.1 Å². The zero-order chi connectivity index (χ0) is 7.61. The molecule has 0 radical (unpaired) electrons. The summed E-state index contributed by atoms with van der Waals surface area (Å²) in [5, 5.41) is 0. The maximum atomic E-state index is 11.6. The first-order chi connectivity index (χ1) is 4.67. The Bertz CT molecular complexity index is 136. The molecule has 1 aliphatic rings. The van der Waals surface area contributed by atoms with Crippen LogP contribution in [0, 0.1) is 0 Å². The molecular weight excluding hydrogens is 141 g/mol. The molecule has 1 fully saturated rings. The molecule has 0 aromatic rings. The van der Waals surface area contributed by atoms with Gasteiger partial charge in [-0.05, 0) is 6.08 Å². The van der Waals surface area contributed by atoms with Crippen molar-refractivity contribution in [1.82, 2.24) is 0 Å². The summed E-state index contributed by atoms with van der Waals surface area (Å²) >= 11 is 0. The second-order valence-corrected chi connectivity index (χ2v) is 3.55. The van der Waals surface area contributed by atoms with E-state index >= 15 is 0 Å². The normalized spacial score (nSPS) is 18.5. The molecule has 1 rings (SSSR count). The lowest BCUT2D eigenvalue weighted by molar-refractivity contribution is -0.895. The van der Waals surface area contributed by atoms with Crippen molar-refractivity contribution in [1.29, 1.82) is 0 Å². The van der Waals surface area contributed by atoms with E-state index in [1.165, 1.54) is 12.8 Å². The molecule has 0 aromatic carbocycles. The molecule has 0 heterocycles. The molecule has 66 valence electrons. The lowest BCUT2D eigenvalue weighted by Gasteiger charge is -2.28. The predicted molar refractivity (Wildman–Crippen MR) is 47.0 cm³/mol. The van der Waals surface area contributed by atoms with Crippen molar-refractivity contribution in [2.45, 2.75) is 26.3 Å². The van der Waals surface area contributed by atoms with Crippen LogP contribution >= 0.6 is 0 Å². The number of rotatable bonds is 3. The molecule has 0 saturated heterocycles. The highest BCUT2D eigenvalue weighted by molar-refractivity contribution is 4.78. The average molecular weight is 160 g/mol. The van der Waals surface area contributed by atoms with Gasteiger partial charge >= 0.3 is 0 Å². The van der Waals surface area contributed by atoms with Crippen molar-refractivity contribution < 1.29 is 8.87 Å². The highest BCUT2D eigenvalue weighted by Crippen LogP contribution is 2.30. The second kappa shape index (κ2) is 3.86. The van der Waals surface area contributed by atoms with Gasteiger partial charge < -0.3 is 4.48 Å². The van der Waals surface area contributed by atoms with E-state index in [2.05, 4.69) is 14.1 Å². The SMILES string of the molecule is C.C[N+](C)(C/C=C/F)C1CC1. The van der Waals surface area contributed by atoms with Crippen LogP contribution in [0.3, 0.4) is 0 Å². The number of nitrogens with zero attached hydrogens (tertiary/aromatic N) is 1. The molecule has 11 heavy (non-hydrogen) atoms. The van der Waals surface area contributed by atoms with E-state index in [4.69, 9.17) is 0 Å². The Morgan fingerprint density at radius 2 is 2.00 bits per heavy atom. The van der Waals surface area contributed by atoms with Gasteiger partial charge in [-0.15, -0.1) is 0 Å². The zero-order valence-corrected chi connectivity index (χ0v) is 6.68. The summed E-state index contributed by atoms with van der Waals surface area (Å²) in [4.78, 5) is 0. The Labute approximate surface area is 69.1 Å². The van der Waals surface area contributed by atoms with Gasteiger partial charge in [0.2, 0.25) is 0 Å². The number of quaternary nitrogens is 1. The third-order valence-corrected chi connectivity index (χ3v) is 2.20. The Morgan fingerprint density at radius 1 is 1.45 bits per heavy atom. The maximum Gasteiger partial charge on any atom is 0.0997 e. The lowest BCUT2D eigenvalue weighted by Crippen LogP contribution is -2.41. The molecule has 0 amide bonds. The van der Waals surface area contributed by atoms with E-state index < -0.39 is 0 Å². The number of hydrogen-bond acceptors (Lipinski definition) is 0. The maximum absolute atomic E-state index is 11.6. The molecule has 0 bridgehead atoms. The zero-order valence-electron chi connectivity index (χ0n) is 6.68. The molecular formula is C9H19FN+. The van der Waals surface area contributed by atoms with E-state index in [1.54, 1.807) is 6.08 Å². The van der Waals surface area contributed by atoms with Gasteiger partial charge in [-0.1, -0.05) is 7.43 Å². The Kier molecular flexibility index (Phi) is 3.73. The first-order valence-corrected chi connectivity index (χ1v) is 3.75. The van der Waals surface area contributed by atoms with Crippen LogP contribution in [0.25, 0.3) is 0 Å². The molecule has 0 unspecified atom stereocenters. The van der Waals surface area contributed by atoms with Gasteiger partial charge in [0.25, 0.3) is 0 Å². The molecule has 1 saturated carbocycles. The smallest absolute Gasteiger partial charge is 0.0997 e. The summed E-state index contributed by atoms with van der Waals surface area (Å²) in [6, 6.07) is 0.788. The molecule has 0 N–H and O–H groups in total. The van der Waals surface area contributed by atoms with Crippen LogP contribution in [0.4, 0.5) is 4.39 Å². The summed E-state index contributed by atoms with van der Waals surface area (Å²) in [6.45, 7) is 0.821. The van der Waals surface area contributed by atoms with Crippen LogP contribution in [0.15, 0.2) is 12.4 Å². The van der Waals surface area contributed by atoms with E-state index in [1.807, 2.05) is 0 Å². The highest BCUT2D eigenvalue weighted by Gasteiger charge is 2.37. The fourth-order valence-electron chi connectivity index (χ4n) is 1.23. The Hall–Kier alpha value is -0.370. The molecule has 0 spiro atoms. The lowest BCUT2D eigenvalue weighted by atomic mass is 10.4. The average Bonchev–Trinajstić information content (AvgIpc) is 2.64. The van der Waals surface area contributed by atoms with Gasteiger partial charge in [-0.25, -0.2) is 4.39 Å². The number of likely N-dealkylation sites (N-methyl/N-ethyl adjacent to an activating group) is 1. The molecule has 1 aliphatic carbocycles. The molecule has 0 aliphatic heterocycles. The standard InChI is InChI=1S/C8H15FN.CH4/c1-10(2,7-3-6-9)8-4-5-8;/h3,6,8H,4-5,7H2,1-2H3;1H4/q+1;/b6-3+;. The van der Waals surface area contributed by atoms with Crippen molar-refractivity contribution >= 4 is 0 Å². The summed E-state index contributed by atoms with van der Waals surface area (Å²) in [5.41, 5.74) is 0. The highest BCUT2D eigenvalue weighted by atomic mass is 19.1. The van der Waals surface area contributed by atoms with E-state index in [-0.39, 0.29) is 7.43 Å². The predicted octanol–water partition coefficient (Wildman–Crippen LogP) is 2.34. The monoisotopic (exact) mass is 160 g/mol. The third-order valence-electron chi connectivity index (χ3n) is 2.20. The van der Waals surface area contributed by atoms with E-state index in [9.17, 15) is 4.39 Å². The van der Waals surface area contributed by atoms with Crippen LogP contribution in [0.2, 0.25) is 0 Å². The van der Waals surface area contributed by atoms with Gasteiger partial charge in [0.1, 0.15) is 0 Å². The summed E-state index contributed by atoms with van der Waals surface area (Å²) in [6.07, 6.45) is 4.86. The van der Waals surface area contributed by atoms with Crippen molar-refractivity contribution in [3.63, 3.8) is 0 Å². The molecule has 2 heteroatoms. The molecule has 0 atom stereocenters. The third kappa shape index (κ3) is 3.02. The van der Waals surface area contributed by atoms with Crippen molar-refractivity contribution in [3.8, 4) is 0 Å². The summed E-state index contributed by atoms with van der Waals surface area (Å²) < 4.78 is 12.6. The minimum Gasteiger partial charge on any atom is -0.323 e. The van der Waals surface area contributed by atoms with Crippen LogP contribution < -0.4 is 0 Å². The second-order valence-electron chi connectivity index (χ2n) is 3.55. The first-order valence-electron chi connectivity index (χ1n) is 3.75. The van der Waals surface area contributed by atoms with Gasteiger partial charge in [-0.3, -0.25) is 0 Å². The minimum absolute atomic E-state index is 0. The number of halogens is 1. The Morgan fingerprint density at radius 3 is 2.36 bits per heavy atom. The van der Waals surface area contributed by atoms with Gasteiger partial charge in [0.05, 0.1) is 33.0 Å². The topological polar surface area (TPSA) is 0 Å². The molecule has 1 nitrogen and oxygen atoms in total. The summed E-state index contributed by atoms with van der Waals surface area (Å²) in [7, 11) is 4.30. The largest absolute Gasteiger partial charge is 0.323 e. The quantitative estimate of drug-likeness (QED) is 0.556. The van der Waals surface area contributed by atoms with Crippen LogP contribution in [-0.2, 0) is 0 Å². The van der Waals surface area contributed by atoms with Crippen LogP contribution in [0.1, 0.15) is 20.3 Å². The van der Waals surface area contributed by atoms with Crippen LogP contribution in [-0.4, -0.2) is 31.2 Å². The Balaban J connectivity index is 0.000001000. The van der Waals surface area contributed by atoms with Gasteiger partial charge in [0, 0.05) is 12.8 Å². The first kappa shape index (κ1) is 10.6. The summed E-state index contributed by atoms with van der Waals surface area (Å²) in [5.74, 6) is 0. The fourth-order valence-corrected chi connectivity index (χ4v) is 1.23. The van der Waals surface area contributed by atoms with Gasteiger partial charge in [0.15, 0.2) is 0 Å². The van der Waals surface area contributed by atoms with Crippen molar-refractivity contribution in [3.05, 3.63) is 12.4 Å². The van der Waals surface area contributed by atoms with Crippen LogP contribution in [0.5, 0.6) is 0 Å². The van der Waals surface area contributed by atoms with Gasteiger partial charge in [-0.2, -0.15) is 0 Å². The minimum atomic E-state index is 0.